The molecular weight excluding hydrogens is 715 g/mol. The lowest BCUT2D eigenvalue weighted by atomic mass is 10.1. The number of hydrogen-bond acceptors (Lipinski definition) is 7. The Morgan fingerprint density at radius 2 is 1.00 bits per heavy atom. The van der Waals surface area contributed by atoms with Gasteiger partial charge in [0.15, 0.2) is 6.10 Å². The van der Waals surface area contributed by atoms with Gasteiger partial charge in [-0.25, -0.2) is 4.57 Å². The van der Waals surface area contributed by atoms with Crippen LogP contribution in [0, 0.1) is 0 Å². The van der Waals surface area contributed by atoms with E-state index >= 15 is 0 Å². The Labute approximate surface area is 331 Å². The molecule has 0 amide bonds. The molecule has 0 rings (SSSR count). The number of aliphatic hydroxyl groups is 1. The van der Waals surface area contributed by atoms with Crippen LogP contribution in [0.2, 0.25) is 0 Å². The predicted molar refractivity (Wildman–Crippen MR) is 226 cm³/mol. The number of phosphoric acid groups is 1. The Bertz CT molecular complexity index is 1310. The number of carbonyl (C=O) groups excluding carboxylic acids is 2. The maximum Gasteiger partial charge on any atom is 0.469 e. The summed E-state index contributed by atoms with van der Waals surface area (Å²) in [5.74, 6) is -1.08. The van der Waals surface area contributed by atoms with Crippen molar-refractivity contribution in [2.75, 3.05) is 13.2 Å². The van der Waals surface area contributed by atoms with Crippen molar-refractivity contribution < 1.29 is 43.0 Å². The van der Waals surface area contributed by atoms with Crippen LogP contribution in [0.3, 0.4) is 0 Å². The van der Waals surface area contributed by atoms with E-state index < -0.39 is 32.5 Å². The number of ether oxygens (including phenoxy) is 2. The van der Waals surface area contributed by atoms with Crippen LogP contribution in [0.5, 0.6) is 0 Å². The average molecular weight is 785 g/mol. The fraction of sp³-hybridized carbons (Fsp3) is 0.511. The molecule has 0 aliphatic carbocycles. The van der Waals surface area contributed by atoms with Crippen molar-refractivity contribution in [2.45, 2.75) is 135 Å². The second kappa shape index (κ2) is 38.7. The molecule has 308 valence electrons. The smallest absolute Gasteiger partial charge is 0.462 e. The van der Waals surface area contributed by atoms with Crippen LogP contribution in [0.15, 0.2) is 122 Å². The van der Waals surface area contributed by atoms with Crippen LogP contribution in [0.25, 0.3) is 0 Å². The molecule has 0 aromatic heterocycles. The summed E-state index contributed by atoms with van der Waals surface area (Å²) in [6.45, 7) is 3.23. The normalized spacial score (nSPS) is 14.3. The SMILES string of the molecule is CC/C=C\C/C=C\C/C=C\C/C=C\C/C=C\C/C=C\CCC(=O)O[C@H](COC(=O)CCC/C=C\C/C=C\C/C=C\C/C=C\CC(O)CCC)COP(=O)(O)O. The van der Waals surface area contributed by atoms with Gasteiger partial charge in [-0.1, -0.05) is 142 Å². The molecule has 0 saturated carbocycles. The highest BCUT2D eigenvalue weighted by molar-refractivity contribution is 7.46. The van der Waals surface area contributed by atoms with Gasteiger partial charge in [0, 0.05) is 12.8 Å². The monoisotopic (exact) mass is 784 g/mol. The van der Waals surface area contributed by atoms with Crippen molar-refractivity contribution in [3.05, 3.63) is 122 Å². The molecule has 0 aliphatic rings. The van der Waals surface area contributed by atoms with E-state index in [0.29, 0.717) is 25.7 Å². The first kappa shape index (κ1) is 51.4. The predicted octanol–water partition coefficient (Wildman–Crippen LogP) is 11.1. The number of unbranched alkanes of at least 4 members (excludes halogenated alkanes) is 1. The standard InChI is InChI=1S/C45H69O9P/c1-3-5-6-7-8-9-10-11-12-13-14-15-16-19-23-26-29-32-35-39-45(48)54-43(41-53-55(49,50)51)40-52-44(47)38-34-31-28-25-22-20-17-18-21-24-27-30-33-37-42(46)36-4-2/h5-6,8-9,11-12,14-15,17,19-21,23-25,28-30,32-33,42-43,46H,3-4,7,10,13,16,18,22,26-27,31,34-41H2,1-2H3,(H2,49,50,51)/b6-5-,9-8-,12-11-,15-14-,20-17-,23-19-,24-21-,28-25-,32-29-,33-30-/t42?,43-/m1/s1. The third-order valence-electron chi connectivity index (χ3n) is 7.53. The lowest BCUT2D eigenvalue weighted by Gasteiger charge is -2.18. The van der Waals surface area contributed by atoms with Crippen molar-refractivity contribution in [1.29, 1.82) is 0 Å². The Morgan fingerprint density at radius 1 is 0.564 bits per heavy atom. The molecule has 0 aromatic rings. The molecule has 0 aromatic carbocycles. The first-order valence-corrected chi connectivity index (χ1v) is 21.4. The van der Waals surface area contributed by atoms with Crippen LogP contribution in [0.4, 0.5) is 0 Å². The number of rotatable bonds is 34. The zero-order chi connectivity index (χ0) is 40.5. The van der Waals surface area contributed by atoms with E-state index in [0.717, 1.165) is 70.6 Å². The fourth-order valence-corrected chi connectivity index (χ4v) is 5.00. The first-order chi connectivity index (χ1) is 26.7. The highest BCUT2D eigenvalue weighted by atomic mass is 31.2. The van der Waals surface area contributed by atoms with Gasteiger partial charge < -0.3 is 24.4 Å². The first-order valence-electron chi connectivity index (χ1n) is 19.9. The molecule has 0 heterocycles. The summed E-state index contributed by atoms with van der Waals surface area (Å²) >= 11 is 0. The molecule has 9 nitrogen and oxygen atoms in total. The van der Waals surface area contributed by atoms with Gasteiger partial charge in [-0.15, -0.1) is 0 Å². The molecule has 0 saturated heterocycles. The second-order valence-electron chi connectivity index (χ2n) is 12.7. The minimum absolute atomic E-state index is 0.0596. The van der Waals surface area contributed by atoms with Gasteiger partial charge in [0.1, 0.15) is 6.61 Å². The number of carbonyl (C=O) groups is 2. The van der Waals surface area contributed by atoms with E-state index in [9.17, 15) is 19.3 Å². The van der Waals surface area contributed by atoms with Gasteiger partial charge in [0.05, 0.1) is 12.7 Å². The molecule has 55 heavy (non-hydrogen) atoms. The van der Waals surface area contributed by atoms with Crippen molar-refractivity contribution >= 4 is 19.8 Å². The minimum atomic E-state index is -4.80. The lowest BCUT2D eigenvalue weighted by molar-refractivity contribution is -0.161. The van der Waals surface area contributed by atoms with Crippen molar-refractivity contribution in [2.24, 2.45) is 0 Å². The molecule has 10 heteroatoms. The number of phosphoric ester groups is 1. The zero-order valence-electron chi connectivity index (χ0n) is 33.4. The molecule has 0 radical (unpaired) electrons. The molecule has 1 unspecified atom stereocenters. The van der Waals surface area contributed by atoms with E-state index in [1.807, 2.05) is 30.4 Å². The minimum Gasteiger partial charge on any atom is -0.462 e. The molecule has 0 spiro atoms. The summed E-state index contributed by atoms with van der Waals surface area (Å²) in [7, 11) is -4.80. The van der Waals surface area contributed by atoms with Crippen molar-refractivity contribution in [3.8, 4) is 0 Å². The molecule has 2 atom stereocenters. The van der Waals surface area contributed by atoms with Crippen LogP contribution < -0.4 is 0 Å². The third kappa shape index (κ3) is 41.4. The summed E-state index contributed by atoms with van der Waals surface area (Å²) < 4.78 is 26.2. The molecule has 0 bridgehead atoms. The second-order valence-corrected chi connectivity index (χ2v) is 13.9. The summed E-state index contributed by atoms with van der Waals surface area (Å²) in [6, 6.07) is 0. The number of allylic oxidation sites excluding steroid dienone is 19. The third-order valence-corrected chi connectivity index (χ3v) is 8.02. The van der Waals surface area contributed by atoms with E-state index in [4.69, 9.17) is 19.3 Å². The average Bonchev–Trinajstić information content (AvgIpc) is 3.15. The summed E-state index contributed by atoms with van der Waals surface area (Å²) in [6.07, 6.45) is 52.8. The van der Waals surface area contributed by atoms with E-state index in [1.165, 1.54) is 0 Å². The Hall–Kier alpha value is -3.59. The van der Waals surface area contributed by atoms with E-state index in [-0.39, 0.29) is 25.6 Å². The summed E-state index contributed by atoms with van der Waals surface area (Å²) in [5, 5.41) is 9.70. The zero-order valence-corrected chi connectivity index (χ0v) is 34.3. The van der Waals surface area contributed by atoms with Gasteiger partial charge in [0.25, 0.3) is 0 Å². The highest BCUT2D eigenvalue weighted by Crippen LogP contribution is 2.35. The number of aliphatic hydroxyl groups excluding tert-OH is 1. The molecule has 0 aliphatic heterocycles. The topological polar surface area (TPSA) is 140 Å². The van der Waals surface area contributed by atoms with Gasteiger partial charge in [-0.05, 0) is 89.9 Å². The van der Waals surface area contributed by atoms with Crippen LogP contribution in [0.1, 0.15) is 123 Å². The van der Waals surface area contributed by atoms with Crippen molar-refractivity contribution in [1.82, 2.24) is 0 Å². The molecule has 3 N–H and O–H groups in total. The Kier molecular flexibility index (Phi) is 36.2. The quantitative estimate of drug-likeness (QED) is 0.0252. The lowest BCUT2D eigenvalue weighted by Crippen LogP contribution is -2.29. The van der Waals surface area contributed by atoms with Gasteiger partial charge in [-0.3, -0.25) is 14.1 Å². The highest BCUT2D eigenvalue weighted by Gasteiger charge is 2.22. The summed E-state index contributed by atoms with van der Waals surface area (Å²) in [4.78, 5) is 42.7. The van der Waals surface area contributed by atoms with Crippen LogP contribution in [-0.2, 0) is 28.2 Å². The van der Waals surface area contributed by atoms with Crippen molar-refractivity contribution in [3.63, 3.8) is 0 Å². The maximum atomic E-state index is 12.4. The Balaban J connectivity index is 4.23. The van der Waals surface area contributed by atoms with E-state index in [1.54, 1.807) is 0 Å². The molecule has 0 fully saturated rings. The molecular formula is C45H69O9P. The Morgan fingerprint density at radius 3 is 1.45 bits per heavy atom. The fourth-order valence-electron chi connectivity index (χ4n) is 4.64. The van der Waals surface area contributed by atoms with E-state index in [2.05, 4.69) is 110 Å². The number of esters is 2. The number of hydrogen-bond donors (Lipinski definition) is 3. The van der Waals surface area contributed by atoms with Crippen LogP contribution >= 0.6 is 7.82 Å². The van der Waals surface area contributed by atoms with Gasteiger partial charge in [-0.2, -0.15) is 0 Å². The van der Waals surface area contributed by atoms with Crippen LogP contribution in [-0.4, -0.2) is 52.3 Å². The maximum absolute atomic E-state index is 12.4. The van der Waals surface area contributed by atoms with Gasteiger partial charge in [0.2, 0.25) is 0 Å². The largest absolute Gasteiger partial charge is 0.469 e. The van der Waals surface area contributed by atoms with Gasteiger partial charge >= 0.3 is 19.8 Å². The summed E-state index contributed by atoms with van der Waals surface area (Å²) in [5.41, 5.74) is 0.